The summed E-state index contributed by atoms with van der Waals surface area (Å²) in [5.74, 6) is 0.306. The van der Waals surface area contributed by atoms with Gasteiger partial charge in [0.2, 0.25) is 5.88 Å². The lowest BCUT2D eigenvalue weighted by Gasteiger charge is -2.09. The van der Waals surface area contributed by atoms with Gasteiger partial charge >= 0.3 is 0 Å². The van der Waals surface area contributed by atoms with E-state index >= 15 is 0 Å². The van der Waals surface area contributed by atoms with Gasteiger partial charge in [-0.05, 0) is 35.9 Å². The van der Waals surface area contributed by atoms with Crippen LogP contribution in [0.3, 0.4) is 0 Å². The Morgan fingerprint density at radius 3 is 2.50 bits per heavy atom. The number of carbonyl (C=O) groups excluding carboxylic acids is 1. The summed E-state index contributed by atoms with van der Waals surface area (Å²) in [6, 6.07) is 12.5. The Bertz CT molecular complexity index is 852. The summed E-state index contributed by atoms with van der Waals surface area (Å²) in [5.41, 5.74) is 2.92. The van der Waals surface area contributed by atoms with Gasteiger partial charge in [0.1, 0.15) is 0 Å². The third-order valence-electron chi connectivity index (χ3n) is 3.41. The summed E-state index contributed by atoms with van der Waals surface area (Å²) in [4.78, 5) is 20.2. The van der Waals surface area contributed by atoms with Gasteiger partial charge < -0.3 is 10.1 Å². The third-order valence-corrected chi connectivity index (χ3v) is 3.61. The van der Waals surface area contributed by atoms with Crippen LogP contribution in [0.15, 0.2) is 61.1 Å². The van der Waals surface area contributed by atoms with Crippen LogP contribution in [0.4, 0.5) is 5.69 Å². The molecule has 0 fully saturated rings. The number of pyridine rings is 2. The van der Waals surface area contributed by atoms with Crippen LogP contribution >= 0.6 is 11.6 Å². The third kappa shape index (κ3) is 3.52. The maximum Gasteiger partial charge on any atom is 0.255 e. The molecule has 5 nitrogen and oxygen atoms in total. The van der Waals surface area contributed by atoms with Crippen molar-refractivity contribution in [2.75, 3.05) is 12.4 Å². The maximum atomic E-state index is 12.1. The average molecular weight is 340 g/mol. The van der Waals surface area contributed by atoms with Crippen LogP contribution < -0.4 is 10.1 Å². The Kier molecular flexibility index (Phi) is 4.72. The SMILES string of the molecule is COc1ncc(Cl)cc1-c1ccc(NC(=O)c2ccncc2)cc1. The summed E-state index contributed by atoms with van der Waals surface area (Å²) in [7, 11) is 1.56. The number of hydrogen-bond donors (Lipinski definition) is 1. The molecule has 1 amide bonds. The fourth-order valence-corrected chi connectivity index (χ4v) is 2.39. The molecule has 3 rings (SSSR count). The van der Waals surface area contributed by atoms with Crippen molar-refractivity contribution in [2.24, 2.45) is 0 Å². The lowest BCUT2D eigenvalue weighted by molar-refractivity contribution is 0.102. The average Bonchev–Trinajstić information content (AvgIpc) is 2.63. The zero-order valence-electron chi connectivity index (χ0n) is 12.9. The van der Waals surface area contributed by atoms with E-state index in [1.54, 1.807) is 37.7 Å². The number of amides is 1. The van der Waals surface area contributed by atoms with Gasteiger partial charge in [0.25, 0.3) is 5.91 Å². The maximum absolute atomic E-state index is 12.1. The highest BCUT2D eigenvalue weighted by Gasteiger charge is 2.09. The van der Waals surface area contributed by atoms with E-state index in [0.717, 1.165) is 11.1 Å². The molecule has 0 aliphatic carbocycles. The number of nitrogens with one attached hydrogen (secondary N) is 1. The highest BCUT2D eigenvalue weighted by atomic mass is 35.5. The molecule has 24 heavy (non-hydrogen) atoms. The molecule has 0 saturated carbocycles. The van der Waals surface area contributed by atoms with Crippen LogP contribution in [0.1, 0.15) is 10.4 Å². The molecule has 0 saturated heterocycles. The molecular formula is C18H14ClN3O2. The second-order valence-electron chi connectivity index (χ2n) is 4.98. The molecule has 1 N–H and O–H groups in total. The number of ether oxygens (including phenoxy) is 1. The number of halogens is 1. The van der Waals surface area contributed by atoms with Crippen molar-refractivity contribution in [1.29, 1.82) is 0 Å². The van der Waals surface area contributed by atoms with Crippen LogP contribution in [-0.2, 0) is 0 Å². The van der Waals surface area contributed by atoms with Gasteiger partial charge in [-0.25, -0.2) is 4.98 Å². The van der Waals surface area contributed by atoms with Crippen LogP contribution in [-0.4, -0.2) is 23.0 Å². The van der Waals surface area contributed by atoms with Crippen LogP contribution in [0.2, 0.25) is 5.02 Å². The molecular weight excluding hydrogens is 326 g/mol. The molecule has 2 aromatic heterocycles. The van der Waals surface area contributed by atoms with Gasteiger partial charge in [-0.1, -0.05) is 23.7 Å². The molecule has 0 spiro atoms. The zero-order chi connectivity index (χ0) is 16.9. The lowest BCUT2D eigenvalue weighted by Crippen LogP contribution is -2.11. The van der Waals surface area contributed by atoms with Crippen LogP contribution in [0.5, 0.6) is 5.88 Å². The molecule has 1 aromatic carbocycles. The summed E-state index contributed by atoms with van der Waals surface area (Å²) in [6.07, 6.45) is 4.69. The first-order chi connectivity index (χ1) is 11.7. The van der Waals surface area contributed by atoms with E-state index < -0.39 is 0 Å². The fraction of sp³-hybridized carbons (Fsp3) is 0.0556. The quantitative estimate of drug-likeness (QED) is 0.778. The van der Waals surface area contributed by atoms with Gasteiger partial charge in [0, 0.05) is 35.4 Å². The standard InChI is InChI=1S/C18H14ClN3O2/c1-24-18-16(10-14(19)11-21-18)12-2-4-15(5-3-12)22-17(23)13-6-8-20-9-7-13/h2-11H,1H3,(H,22,23). The van der Waals surface area contributed by atoms with Gasteiger partial charge in [-0.2, -0.15) is 0 Å². The highest BCUT2D eigenvalue weighted by Crippen LogP contribution is 2.31. The molecule has 0 atom stereocenters. The molecule has 0 aliphatic heterocycles. The van der Waals surface area contributed by atoms with Gasteiger partial charge in [-0.3, -0.25) is 9.78 Å². The van der Waals surface area contributed by atoms with Gasteiger partial charge in [0.05, 0.1) is 12.1 Å². The lowest BCUT2D eigenvalue weighted by atomic mass is 10.1. The van der Waals surface area contributed by atoms with E-state index in [9.17, 15) is 4.79 Å². The first kappa shape index (κ1) is 16.0. The minimum atomic E-state index is -0.188. The second kappa shape index (κ2) is 7.10. The largest absolute Gasteiger partial charge is 0.481 e. The van der Waals surface area contributed by atoms with Crippen LogP contribution in [0, 0.1) is 0 Å². The molecule has 120 valence electrons. The molecule has 2 heterocycles. The normalized spacial score (nSPS) is 10.2. The molecule has 6 heteroatoms. The first-order valence-electron chi connectivity index (χ1n) is 7.19. The Morgan fingerprint density at radius 2 is 1.83 bits per heavy atom. The minimum Gasteiger partial charge on any atom is -0.481 e. The Hall–Kier alpha value is -2.92. The number of rotatable bonds is 4. The van der Waals surface area contributed by atoms with E-state index in [0.29, 0.717) is 22.2 Å². The number of anilines is 1. The van der Waals surface area contributed by atoms with Gasteiger partial charge in [0.15, 0.2) is 0 Å². The number of methoxy groups -OCH3 is 1. The molecule has 0 bridgehead atoms. The number of aromatic nitrogens is 2. The Balaban J connectivity index is 1.81. The number of benzene rings is 1. The van der Waals surface area contributed by atoms with Gasteiger partial charge in [-0.15, -0.1) is 0 Å². The van der Waals surface area contributed by atoms with Crippen molar-refractivity contribution >= 4 is 23.2 Å². The van der Waals surface area contributed by atoms with E-state index in [1.165, 1.54) is 6.20 Å². The van der Waals surface area contributed by atoms with Crippen molar-refractivity contribution in [2.45, 2.75) is 0 Å². The van der Waals surface area contributed by atoms with Crippen molar-refractivity contribution in [3.63, 3.8) is 0 Å². The summed E-state index contributed by atoms with van der Waals surface area (Å²) in [6.45, 7) is 0. The van der Waals surface area contributed by atoms with E-state index in [4.69, 9.17) is 16.3 Å². The minimum absolute atomic E-state index is 0.188. The zero-order valence-corrected chi connectivity index (χ0v) is 13.6. The van der Waals surface area contributed by atoms with E-state index in [-0.39, 0.29) is 5.91 Å². The van der Waals surface area contributed by atoms with E-state index in [1.807, 2.05) is 24.3 Å². The topological polar surface area (TPSA) is 64.1 Å². The summed E-state index contributed by atoms with van der Waals surface area (Å²) in [5, 5.41) is 3.37. The van der Waals surface area contributed by atoms with Crippen molar-refractivity contribution in [3.05, 3.63) is 71.6 Å². The smallest absolute Gasteiger partial charge is 0.255 e. The monoisotopic (exact) mass is 339 g/mol. The fourth-order valence-electron chi connectivity index (χ4n) is 2.24. The summed E-state index contributed by atoms with van der Waals surface area (Å²) >= 11 is 6.01. The van der Waals surface area contributed by atoms with Crippen molar-refractivity contribution in [1.82, 2.24) is 9.97 Å². The predicted octanol–water partition coefficient (Wildman–Crippen LogP) is 4.06. The first-order valence-corrected chi connectivity index (χ1v) is 7.56. The van der Waals surface area contributed by atoms with E-state index in [2.05, 4.69) is 15.3 Å². The predicted molar refractivity (Wildman–Crippen MR) is 93.4 cm³/mol. The van der Waals surface area contributed by atoms with Crippen LogP contribution in [0.25, 0.3) is 11.1 Å². The Morgan fingerprint density at radius 1 is 1.12 bits per heavy atom. The number of carbonyl (C=O) groups is 1. The number of hydrogen-bond acceptors (Lipinski definition) is 4. The molecule has 3 aromatic rings. The molecule has 0 unspecified atom stereocenters. The molecule has 0 aliphatic rings. The summed E-state index contributed by atoms with van der Waals surface area (Å²) < 4.78 is 5.26. The highest BCUT2D eigenvalue weighted by molar-refractivity contribution is 6.30. The molecule has 0 radical (unpaired) electrons. The Labute approximate surface area is 144 Å². The van der Waals surface area contributed by atoms with Crippen molar-refractivity contribution < 1.29 is 9.53 Å². The van der Waals surface area contributed by atoms with Crippen molar-refractivity contribution in [3.8, 4) is 17.0 Å². The second-order valence-corrected chi connectivity index (χ2v) is 5.41. The number of nitrogens with zero attached hydrogens (tertiary/aromatic N) is 2.